The van der Waals surface area contributed by atoms with E-state index < -0.39 is 0 Å². The Labute approximate surface area is 149 Å². The van der Waals surface area contributed by atoms with Crippen LogP contribution in [-0.4, -0.2) is 40.8 Å². The fourth-order valence-electron chi connectivity index (χ4n) is 3.74. The molecule has 0 spiro atoms. The standard InChI is InChI=1S/C20H27N3O2/c24-19(10-9-17-8-4-5-13-21-17)22-18-11-14-23(15-12-18)20(25)16-6-2-1-3-7-16/h4-5,8-10,13,16,18H,1-3,6-7,11-12,14-15H2,(H,22,24). The summed E-state index contributed by atoms with van der Waals surface area (Å²) < 4.78 is 0. The predicted molar refractivity (Wildman–Crippen MR) is 97.6 cm³/mol. The Balaban J connectivity index is 1.42. The Morgan fingerprint density at radius 1 is 1.08 bits per heavy atom. The average Bonchev–Trinajstić information content (AvgIpc) is 2.68. The van der Waals surface area contributed by atoms with E-state index in [1.807, 2.05) is 23.1 Å². The number of likely N-dealkylation sites (tertiary alicyclic amines) is 1. The molecule has 1 aromatic heterocycles. The van der Waals surface area contributed by atoms with Crippen LogP contribution in [0.4, 0.5) is 0 Å². The first kappa shape index (κ1) is 17.6. The zero-order chi connectivity index (χ0) is 17.5. The van der Waals surface area contributed by atoms with E-state index in [1.165, 1.54) is 25.3 Å². The molecule has 1 aliphatic heterocycles. The second-order valence-electron chi connectivity index (χ2n) is 7.03. The maximum Gasteiger partial charge on any atom is 0.244 e. The van der Waals surface area contributed by atoms with Crippen molar-refractivity contribution in [3.63, 3.8) is 0 Å². The molecular weight excluding hydrogens is 314 g/mol. The first-order chi connectivity index (χ1) is 12.2. The quantitative estimate of drug-likeness (QED) is 0.857. The van der Waals surface area contributed by atoms with E-state index in [-0.39, 0.29) is 17.9 Å². The summed E-state index contributed by atoms with van der Waals surface area (Å²) in [6.45, 7) is 1.51. The zero-order valence-corrected chi connectivity index (χ0v) is 14.7. The van der Waals surface area contributed by atoms with Gasteiger partial charge in [0.1, 0.15) is 0 Å². The van der Waals surface area contributed by atoms with Gasteiger partial charge in [-0.05, 0) is 43.9 Å². The first-order valence-electron chi connectivity index (χ1n) is 9.41. The lowest BCUT2D eigenvalue weighted by molar-refractivity contribution is -0.137. The van der Waals surface area contributed by atoms with E-state index in [0.29, 0.717) is 5.91 Å². The molecule has 0 radical (unpaired) electrons. The highest BCUT2D eigenvalue weighted by Crippen LogP contribution is 2.26. The third-order valence-electron chi connectivity index (χ3n) is 5.20. The van der Waals surface area contributed by atoms with Gasteiger partial charge < -0.3 is 10.2 Å². The summed E-state index contributed by atoms with van der Waals surface area (Å²) in [5.41, 5.74) is 0.769. The third-order valence-corrected chi connectivity index (χ3v) is 5.20. The molecule has 0 atom stereocenters. The van der Waals surface area contributed by atoms with Crippen LogP contribution >= 0.6 is 0 Å². The summed E-state index contributed by atoms with van der Waals surface area (Å²) in [6.07, 6.45) is 12.4. The molecule has 0 bridgehead atoms. The lowest BCUT2D eigenvalue weighted by Crippen LogP contribution is -2.48. The second-order valence-corrected chi connectivity index (χ2v) is 7.03. The van der Waals surface area contributed by atoms with Crippen molar-refractivity contribution in [2.24, 2.45) is 5.92 Å². The van der Waals surface area contributed by atoms with Crippen LogP contribution in [0.3, 0.4) is 0 Å². The average molecular weight is 341 g/mol. The molecule has 2 aliphatic rings. The molecule has 1 aliphatic carbocycles. The number of pyridine rings is 1. The largest absolute Gasteiger partial charge is 0.350 e. The van der Waals surface area contributed by atoms with Crippen molar-refractivity contribution < 1.29 is 9.59 Å². The molecule has 5 heteroatoms. The van der Waals surface area contributed by atoms with Crippen molar-refractivity contribution in [1.29, 1.82) is 0 Å². The topological polar surface area (TPSA) is 62.3 Å². The van der Waals surface area contributed by atoms with Crippen LogP contribution in [0.5, 0.6) is 0 Å². The summed E-state index contributed by atoms with van der Waals surface area (Å²) >= 11 is 0. The molecule has 1 saturated heterocycles. The molecule has 2 fully saturated rings. The lowest BCUT2D eigenvalue weighted by Gasteiger charge is -2.35. The van der Waals surface area contributed by atoms with Gasteiger partial charge in [-0.1, -0.05) is 25.3 Å². The van der Waals surface area contributed by atoms with Crippen molar-refractivity contribution >= 4 is 17.9 Å². The highest BCUT2D eigenvalue weighted by atomic mass is 16.2. The van der Waals surface area contributed by atoms with Crippen LogP contribution in [-0.2, 0) is 9.59 Å². The maximum absolute atomic E-state index is 12.6. The molecule has 5 nitrogen and oxygen atoms in total. The SMILES string of the molecule is O=C(C=Cc1ccccn1)NC1CCN(C(=O)C2CCCCC2)CC1. The Hall–Kier alpha value is -2.17. The molecule has 0 aromatic carbocycles. The van der Waals surface area contributed by atoms with Crippen LogP contribution < -0.4 is 5.32 Å². The van der Waals surface area contributed by atoms with Crippen molar-refractivity contribution in [3.05, 3.63) is 36.2 Å². The molecule has 2 heterocycles. The normalized spacial score (nSPS) is 19.9. The monoisotopic (exact) mass is 341 g/mol. The molecule has 2 amide bonds. The van der Waals surface area contributed by atoms with Gasteiger partial charge in [0.25, 0.3) is 0 Å². The first-order valence-corrected chi connectivity index (χ1v) is 9.41. The number of piperidine rings is 1. The molecule has 134 valence electrons. The van der Waals surface area contributed by atoms with Gasteiger partial charge in [0, 0.05) is 37.3 Å². The van der Waals surface area contributed by atoms with Crippen LogP contribution in [0, 0.1) is 5.92 Å². The van der Waals surface area contributed by atoms with E-state index in [0.717, 1.165) is 44.5 Å². The van der Waals surface area contributed by atoms with Crippen molar-refractivity contribution in [1.82, 2.24) is 15.2 Å². The number of nitrogens with one attached hydrogen (secondary N) is 1. The maximum atomic E-state index is 12.6. The number of hydrogen-bond acceptors (Lipinski definition) is 3. The Bertz CT molecular complexity index is 601. The van der Waals surface area contributed by atoms with E-state index in [4.69, 9.17) is 0 Å². The minimum absolute atomic E-state index is 0.0947. The highest BCUT2D eigenvalue weighted by Gasteiger charge is 2.29. The van der Waals surface area contributed by atoms with Gasteiger partial charge in [-0.15, -0.1) is 0 Å². The van der Waals surface area contributed by atoms with Gasteiger partial charge in [-0.3, -0.25) is 14.6 Å². The highest BCUT2D eigenvalue weighted by molar-refractivity contribution is 5.91. The van der Waals surface area contributed by atoms with Gasteiger partial charge in [0.15, 0.2) is 0 Å². The van der Waals surface area contributed by atoms with Crippen molar-refractivity contribution in [3.8, 4) is 0 Å². The van der Waals surface area contributed by atoms with Crippen LogP contribution in [0.1, 0.15) is 50.6 Å². The second kappa shape index (κ2) is 8.79. The van der Waals surface area contributed by atoms with Gasteiger partial charge in [0.2, 0.25) is 11.8 Å². The summed E-state index contributed by atoms with van der Waals surface area (Å²) in [5, 5.41) is 3.04. The number of carbonyl (C=O) groups is 2. The number of hydrogen-bond donors (Lipinski definition) is 1. The Morgan fingerprint density at radius 3 is 2.52 bits per heavy atom. The molecule has 1 saturated carbocycles. The van der Waals surface area contributed by atoms with E-state index >= 15 is 0 Å². The molecule has 0 unspecified atom stereocenters. The van der Waals surface area contributed by atoms with E-state index in [1.54, 1.807) is 12.3 Å². The van der Waals surface area contributed by atoms with Crippen LogP contribution in [0.15, 0.2) is 30.5 Å². The Morgan fingerprint density at radius 2 is 1.84 bits per heavy atom. The summed E-state index contributed by atoms with van der Waals surface area (Å²) in [7, 11) is 0. The van der Waals surface area contributed by atoms with Crippen molar-refractivity contribution in [2.45, 2.75) is 51.0 Å². The number of amides is 2. The molecular formula is C20H27N3O2. The summed E-state index contributed by atoms with van der Waals surface area (Å²) in [5.74, 6) is 0.475. The molecule has 25 heavy (non-hydrogen) atoms. The van der Waals surface area contributed by atoms with Crippen molar-refractivity contribution in [2.75, 3.05) is 13.1 Å². The fourth-order valence-corrected chi connectivity index (χ4v) is 3.74. The summed E-state index contributed by atoms with van der Waals surface area (Å²) in [4.78, 5) is 30.8. The molecule has 1 N–H and O–H groups in total. The number of carbonyl (C=O) groups excluding carboxylic acids is 2. The summed E-state index contributed by atoms with van der Waals surface area (Å²) in [6, 6.07) is 5.75. The van der Waals surface area contributed by atoms with E-state index in [9.17, 15) is 9.59 Å². The van der Waals surface area contributed by atoms with Crippen LogP contribution in [0.25, 0.3) is 6.08 Å². The van der Waals surface area contributed by atoms with Crippen LogP contribution in [0.2, 0.25) is 0 Å². The van der Waals surface area contributed by atoms with Gasteiger partial charge in [-0.2, -0.15) is 0 Å². The van der Waals surface area contributed by atoms with Gasteiger partial charge >= 0.3 is 0 Å². The minimum atomic E-state index is -0.0947. The molecule has 3 rings (SSSR count). The Kier molecular flexibility index (Phi) is 6.20. The smallest absolute Gasteiger partial charge is 0.244 e. The minimum Gasteiger partial charge on any atom is -0.350 e. The number of nitrogens with zero attached hydrogens (tertiary/aromatic N) is 2. The fraction of sp³-hybridized carbons (Fsp3) is 0.550. The zero-order valence-electron chi connectivity index (χ0n) is 14.7. The predicted octanol–water partition coefficient (Wildman–Crippen LogP) is 2.78. The number of aromatic nitrogens is 1. The van der Waals surface area contributed by atoms with E-state index in [2.05, 4.69) is 10.3 Å². The third kappa shape index (κ3) is 5.15. The molecule has 1 aromatic rings. The van der Waals surface area contributed by atoms with Gasteiger partial charge in [-0.25, -0.2) is 0 Å². The van der Waals surface area contributed by atoms with Gasteiger partial charge in [0.05, 0.1) is 5.69 Å². The number of rotatable bonds is 4. The lowest BCUT2D eigenvalue weighted by atomic mass is 9.87.